The van der Waals surface area contributed by atoms with Crippen molar-refractivity contribution in [2.45, 2.75) is 0 Å². The summed E-state index contributed by atoms with van der Waals surface area (Å²) in [5.41, 5.74) is 0.402. The summed E-state index contributed by atoms with van der Waals surface area (Å²) in [5.74, 6) is 0. The molecule has 10 heavy (non-hydrogen) atoms. The summed E-state index contributed by atoms with van der Waals surface area (Å²) in [6.07, 6.45) is 4.88. The minimum Gasteiger partial charge on any atom is -0.352 e. The molecule has 3 nitrogen and oxygen atoms in total. The van der Waals surface area contributed by atoms with Gasteiger partial charge in [-0.05, 0) is 12.2 Å². The van der Waals surface area contributed by atoms with E-state index >= 15 is 0 Å². The van der Waals surface area contributed by atoms with E-state index in [1.807, 2.05) is 12.1 Å². The lowest BCUT2D eigenvalue weighted by atomic mass is 10.2. The molecule has 1 N–H and O–H groups in total. The largest absolute Gasteiger partial charge is 0.352 e. The molecule has 0 bridgehead atoms. The Bertz CT molecular complexity index is 262. The number of allylic oxidation sites excluding steroid dienone is 3. The summed E-state index contributed by atoms with van der Waals surface area (Å²) in [5, 5.41) is 19.4. The Balaban J connectivity index is 2.72. The van der Waals surface area contributed by atoms with E-state index in [1.165, 1.54) is 0 Å². The van der Waals surface area contributed by atoms with Crippen LogP contribution in [0.5, 0.6) is 0 Å². The first-order valence-corrected chi connectivity index (χ1v) is 2.69. The van der Waals surface area contributed by atoms with Crippen molar-refractivity contribution in [1.82, 2.24) is 5.32 Å². The highest BCUT2D eigenvalue weighted by molar-refractivity contribution is 5.39. The van der Waals surface area contributed by atoms with Crippen molar-refractivity contribution in [1.29, 1.82) is 10.5 Å². The van der Waals surface area contributed by atoms with Crippen LogP contribution in [0.2, 0.25) is 0 Å². The molecular formula is C7H4N3. The first-order valence-electron chi connectivity index (χ1n) is 2.69. The first-order chi connectivity index (χ1) is 4.86. The predicted octanol–water partition coefficient (Wildman–Crippen LogP) is 0.609. The number of hydrogen-bond donors (Lipinski definition) is 1. The fraction of sp³-hybridized carbons (Fsp3) is 0. The molecule has 1 aliphatic rings. The van der Waals surface area contributed by atoms with Crippen LogP contribution in [0.15, 0.2) is 23.9 Å². The van der Waals surface area contributed by atoms with E-state index in [0.717, 1.165) is 0 Å². The highest BCUT2D eigenvalue weighted by Gasteiger charge is 2.07. The Morgan fingerprint density at radius 1 is 1.30 bits per heavy atom. The summed E-state index contributed by atoms with van der Waals surface area (Å²) in [7, 11) is 0. The SMILES string of the molecule is N#C[C]1C=CC=C(C#N)N1. The van der Waals surface area contributed by atoms with E-state index in [2.05, 4.69) is 5.32 Å². The average Bonchev–Trinajstić information content (AvgIpc) is 2.05. The second-order valence-corrected chi connectivity index (χ2v) is 1.70. The van der Waals surface area contributed by atoms with Crippen LogP contribution in [0.25, 0.3) is 0 Å². The Kier molecular flexibility index (Phi) is 1.72. The van der Waals surface area contributed by atoms with E-state index in [9.17, 15) is 0 Å². The zero-order chi connectivity index (χ0) is 7.40. The van der Waals surface area contributed by atoms with Gasteiger partial charge < -0.3 is 5.32 Å². The molecule has 0 aliphatic carbocycles. The highest BCUT2D eigenvalue weighted by Crippen LogP contribution is 2.05. The van der Waals surface area contributed by atoms with Gasteiger partial charge in [-0.25, -0.2) is 0 Å². The fourth-order valence-electron chi connectivity index (χ4n) is 0.599. The highest BCUT2D eigenvalue weighted by atomic mass is 14.9. The number of nitriles is 2. The molecule has 0 aromatic rings. The van der Waals surface area contributed by atoms with Gasteiger partial charge in [-0.2, -0.15) is 10.5 Å². The van der Waals surface area contributed by atoms with E-state index in [4.69, 9.17) is 10.5 Å². The van der Waals surface area contributed by atoms with Crippen molar-refractivity contribution in [3.05, 3.63) is 30.0 Å². The summed E-state index contributed by atoms with van der Waals surface area (Å²) < 4.78 is 0. The van der Waals surface area contributed by atoms with Crippen molar-refractivity contribution in [2.24, 2.45) is 0 Å². The standard InChI is InChI=1S/C7H4N3/c8-4-6-2-1-3-7(5-9)10-6/h1-3,10H. The third-order valence-electron chi connectivity index (χ3n) is 1.04. The molecular weight excluding hydrogens is 126 g/mol. The van der Waals surface area contributed by atoms with Crippen LogP contribution < -0.4 is 5.32 Å². The lowest BCUT2D eigenvalue weighted by Gasteiger charge is -2.07. The van der Waals surface area contributed by atoms with Gasteiger partial charge in [0, 0.05) is 0 Å². The normalized spacial score (nSPS) is 16.4. The lowest BCUT2D eigenvalue weighted by Crippen LogP contribution is -2.18. The Labute approximate surface area is 58.9 Å². The molecule has 0 atom stereocenters. The van der Waals surface area contributed by atoms with Crippen molar-refractivity contribution in [3.63, 3.8) is 0 Å². The Morgan fingerprint density at radius 3 is 2.70 bits per heavy atom. The van der Waals surface area contributed by atoms with Gasteiger partial charge in [0.2, 0.25) is 0 Å². The van der Waals surface area contributed by atoms with E-state index in [-0.39, 0.29) is 0 Å². The van der Waals surface area contributed by atoms with Gasteiger partial charge in [0.15, 0.2) is 6.04 Å². The minimum absolute atomic E-state index is 0.402. The lowest BCUT2D eigenvalue weighted by molar-refractivity contribution is 0.949. The van der Waals surface area contributed by atoms with Crippen LogP contribution in [-0.4, -0.2) is 0 Å². The second kappa shape index (κ2) is 2.70. The zero-order valence-electron chi connectivity index (χ0n) is 5.13. The molecule has 47 valence electrons. The van der Waals surface area contributed by atoms with Crippen LogP contribution in [0.1, 0.15) is 0 Å². The van der Waals surface area contributed by atoms with Crippen LogP contribution in [0.3, 0.4) is 0 Å². The Morgan fingerprint density at radius 2 is 2.10 bits per heavy atom. The summed E-state index contributed by atoms with van der Waals surface area (Å²) in [6, 6.07) is 4.19. The summed E-state index contributed by atoms with van der Waals surface area (Å²) in [4.78, 5) is 0. The van der Waals surface area contributed by atoms with Crippen LogP contribution in [0, 0.1) is 28.7 Å². The van der Waals surface area contributed by atoms with Gasteiger partial charge in [0.05, 0.1) is 6.07 Å². The van der Waals surface area contributed by atoms with Crippen molar-refractivity contribution < 1.29 is 0 Å². The molecule has 0 amide bonds. The van der Waals surface area contributed by atoms with Gasteiger partial charge >= 0.3 is 0 Å². The molecule has 0 saturated heterocycles. The molecule has 0 aromatic heterocycles. The number of rotatable bonds is 0. The van der Waals surface area contributed by atoms with Crippen molar-refractivity contribution in [2.75, 3.05) is 0 Å². The number of hydrogen-bond acceptors (Lipinski definition) is 3. The van der Waals surface area contributed by atoms with Gasteiger partial charge in [0.1, 0.15) is 11.8 Å². The third kappa shape index (κ3) is 1.15. The number of nitrogens with one attached hydrogen (secondary N) is 1. The molecule has 1 radical (unpaired) electrons. The maximum atomic E-state index is 8.37. The fourth-order valence-corrected chi connectivity index (χ4v) is 0.599. The molecule has 0 unspecified atom stereocenters. The molecule has 0 saturated carbocycles. The molecule has 0 spiro atoms. The topological polar surface area (TPSA) is 59.6 Å². The zero-order valence-corrected chi connectivity index (χ0v) is 5.13. The molecule has 1 heterocycles. The molecule has 1 rings (SSSR count). The quantitative estimate of drug-likeness (QED) is 0.522. The monoisotopic (exact) mass is 130 g/mol. The van der Waals surface area contributed by atoms with Gasteiger partial charge in [-0.1, -0.05) is 6.08 Å². The van der Waals surface area contributed by atoms with Crippen molar-refractivity contribution >= 4 is 0 Å². The van der Waals surface area contributed by atoms with E-state index in [0.29, 0.717) is 11.7 Å². The molecule has 0 aromatic carbocycles. The molecule has 0 fully saturated rings. The maximum Gasteiger partial charge on any atom is 0.185 e. The number of nitrogens with zero attached hydrogens (tertiary/aromatic N) is 2. The average molecular weight is 130 g/mol. The Hall–Kier alpha value is -1.74. The summed E-state index contributed by atoms with van der Waals surface area (Å²) >= 11 is 0. The maximum absolute atomic E-state index is 8.37. The predicted molar refractivity (Wildman–Crippen MR) is 34.8 cm³/mol. The smallest absolute Gasteiger partial charge is 0.185 e. The minimum atomic E-state index is 0.402. The van der Waals surface area contributed by atoms with Crippen LogP contribution in [0.4, 0.5) is 0 Å². The van der Waals surface area contributed by atoms with Gasteiger partial charge in [0.25, 0.3) is 0 Å². The molecule has 3 heteroatoms. The molecule has 1 aliphatic heterocycles. The number of dihydropyridines is 1. The first kappa shape index (κ1) is 6.38. The van der Waals surface area contributed by atoms with Crippen LogP contribution >= 0.6 is 0 Å². The van der Waals surface area contributed by atoms with Gasteiger partial charge in [-0.15, -0.1) is 0 Å². The van der Waals surface area contributed by atoms with Gasteiger partial charge in [-0.3, -0.25) is 0 Å². The van der Waals surface area contributed by atoms with E-state index in [1.54, 1.807) is 18.2 Å². The summed E-state index contributed by atoms with van der Waals surface area (Å²) in [6.45, 7) is 0. The third-order valence-corrected chi connectivity index (χ3v) is 1.04. The van der Waals surface area contributed by atoms with Crippen LogP contribution in [-0.2, 0) is 0 Å². The second-order valence-electron chi connectivity index (χ2n) is 1.70. The van der Waals surface area contributed by atoms with E-state index < -0.39 is 0 Å². The van der Waals surface area contributed by atoms with Crippen molar-refractivity contribution in [3.8, 4) is 12.1 Å².